The summed E-state index contributed by atoms with van der Waals surface area (Å²) in [6.07, 6.45) is 3.86. The molecule has 0 spiro atoms. The zero-order chi connectivity index (χ0) is 17.2. The molecule has 0 unspecified atom stereocenters. The minimum Gasteiger partial charge on any atom is -0.291 e. The SMILES string of the molecule is CC(C)(C)c1ccc(CC(=O)c2nc(-c3cccnc3)cs2)cc1. The number of hydrogen-bond donors (Lipinski definition) is 0. The van der Waals surface area contributed by atoms with Crippen LogP contribution in [-0.2, 0) is 11.8 Å². The van der Waals surface area contributed by atoms with Crippen molar-refractivity contribution in [1.82, 2.24) is 9.97 Å². The highest BCUT2D eigenvalue weighted by atomic mass is 32.1. The first-order chi connectivity index (χ1) is 11.4. The number of pyridine rings is 1. The van der Waals surface area contributed by atoms with Crippen LogP contribution in [0.5, 0.6) is 0 Å². The van der Waals surface area contributed by atoms with Crippen LogP contribution < -0.4 is 0 Å². The summed E-state index contributed by atoms with van der Waals surface area (Å²) in [5.74, 6) is 0.0543. The summed E-state index contributed by atoms with van der Waals surface area (Å²) >= 11 is 1.39. The summed E-state index contributed by atoms with van der Waals surface area (Å²) in [4.78, 5) is 21.0. The molecule has 0 bridgehead atoms. The second-order valence-electron chi connectivity index (χ2n) is 6.83. The molecule has 3 rings (SSSR count). The topological polar surface area (TPSA) is 42.9 Å². The van der Waals surface area contributed by atoms with E-state index in [0.717, 1.165) is 16.8 Å². The monoisotopic (exact) mass is 336 g/mol. The fourth-order valence-electron chi connectivity index (χ4n) is 2.43. The van der Waals surface area contributed by atoms with Crippen molar-refractivity contribution in [1.29, 1.82) is 0 Å². The van der Waals surface area contributed by atoms with Crippen molar-refractivity contribution in [3.8, 4) is 11.3 Å². The molecule has 24 heavy (non-hydrogen) atoms. The van der Waals surface area contributed by atoms with Crippen molar-refractivity contribution in [2.45, 2.75) is 32.6 Å². The maximum absolute atomic E-state index is 12.5. The van der Waals surface area contributed by atoms with Crippen molar-refractivity contribution < 1.29 is 4.79 Å². The molecule has 2 aromatic heterocycles. The summed E-state index contributed by atoms with van der Waals surface area (Å²) in [6.45, 7) is 6.55. The molecule has 2 heterocycles. The lowest BCUT2D eigenvalue weighted by molar-refractivity contribution is 0.0992. The first kappa shape index (κ1) is 16.5. The number of carbonyl (C=O) groups excluding carboxylic acids is 1. The number of carbonyl (C=O) groups is 1. The van der Waals surface area contributed by atoms with Crippen LogP contribution in [0.3, 0.4) is 0 Å². The molecule has 0 fully saturated rings. The molecule has 0 N–H and O–H groups in total. The van der Waals surface area contributed by atoms with Crippen LogP contribution in [0.4, 0.5) is 0 Å². The van der Waals surface area contributed by atoms with Crippen LogP contribution in [0.2, 0.25) is 0 Å². The minimum absolute atomic E-state index is 0.0543. The predicted octanol–water partition coefficient (Wildman–Crippen LogP) is 4.93. The third-order valence-electron chi connectivity index (χ3n) is 3.88. The molecule has 4 heteroatoms. The van der Waals surface area contributed by atoms with Gasteiger partial charge in [-0.05, 0) is 28.7 Å². The highest BCUT2D eigenvalue weighted by Gasteiger charge is 2.15. The van der Waals surface area contributed by atoms with E-state index in [1.54, 1.807) is 12.4 Å². The lowest BCUT2D eigenvalue weighted by Gasteiger charge is -2.19. The van der Waals surface area contributed by atoms with Gasteiger partial charge in [0.25, 0.3) is 0 Å². The normalized spacial score (nSPS) is 11.5. The highest BCUT2D eigenvalue weighted by Crippen LogP contribution is 2.24. The Morgan fingerprint density at radius 1 is 1.12 bits per heavy atom. The number of aromatic nitrogens is 2. The van der Waals surface area contributed by atoms with E-state index in [1.165, 1.54) is 16.9 Å². The van der Waals surface area contributed by atoms with Gasteiger partial charge in [0.2, 0.25) is 0 Å². The van der Waals surface area contributed by atoms with Gasteiger partial charge < -0.3 is 0 Å². The van der Waals surface area contributed by atoms with Crippen LogP contribution >= 0.6 is 11.3 Å². The molecule has 3 aromatic rings. The Hall–Kier alpha value is -2.33. The molecule has 0 aliphatic heterocycles. The third kappa shape index (κ3) is 3.77. The number of nitrogens with zero attached hydrogens (tertiary/aromatic N) is 2. The van der Waals surface area contributed by atoms with Crippen molar-refractivity contribution in [2.75, 3.05) is 0 Å². The molecule has 0 saturated heterocycles. The van der Waals surface area contributed by atoms with Gasteiger partial charge in [-0.2, -0.15) is 0 Å². The summed E-state index contributed by atoms with van der Waals surface area (Å²) < 4.78 is 0. The molecule has 3 nitrogen and oxygen atoms in total. The smallest absolute Gasteiger partial charge is 0.195 e. The maximum Gasteiger partial charge on any atom is 0.195 e. The molecular weight excluding hydrogens is 316 g/mol. The van der Waals surface area contributed by atoms with E-state index in [4.69, 9.17) is 0 Å². The van der Waals surface area contributed by atoms with Crippen molar-refractivity contribution in [2.24, 2.45) is 0 Å². The van der Waals surface area contributed by atoms with Gasteiger partial charge in [0, 0.05) is 29.8 Å². The molecule has 0 aliphatic rings. The van der Waals surface area contributed by atoms with E-state index >= 15 is 0 Å². The minimum atomic E-state index is 0.0543. The largest absolute Gasteiger partial charge is 0.291 e. The van der Waals surface area contributed by atoms with Gasteiger partial charge in [0.15, 0.2) is 10.8 Å². The second-order valence-corrected chi connectivity index (χ2v) is 7.68. The van der Waals surface area contributed by atoms with Crippen molar-refractivity contribution in [3.63, 3.8) is 0 Å². The van der Waals surface area contributed by atoms with Gasteiger partial charge in [-0.1, -0.05) is 45.0 Å². The van der Waals surface area contributed by atoms with Gasteiger partial charge >= 0.3 is 0 Å². The van der Waals surface area contributed by atoms with E-state index in [0.29, 0.717) is 11.4 Å². The predicted molar refractivity (Wildman–Crippen MR) is 98.5 cm³/mol. The van der Waals surface area contributed by atoms with E-state index < -0.39 is 0 Å². The zero-order valence-corrected chi connectivity index (χ0v) is 14.9. The number of hydrogen-bond acceptors (Lipinski definition) is 4. The molecule has 0 saturated carbocycles. The van der Waals surface area contributed by atoms with Crippen LogP contribution in [0.15, 0.2) is 54.2 Å². The average molecular weight is 336 g/mol. The van der Waals surface area contributed by atoms with E-state index in [1.807, 2.05) is 29.6 Å². The van der Waals surface area contributed by atoms with Gasteiger partial charge in [-0.3, -0.25) is 9.78 Å². The van der Waals surface area contributed by atoms with Gasteiger partial charge in [-0.15, -0.1) is 11.3 Å². The summed E-state index contributed by atoms with van der Waals surface area (Å²) in [5.41, 5.74) is 4.15. The highest BCUT2D eigenvalue weighted by molar-refractivity contribution is 7.12. The standard InChI is InChI=1S/C20H20N2OS/c1-20(2,3)16-8-6-14(7-9-16)11-18(23)19-22-17(13-24-19)15-5-4-10-21-12-15/h4-10,12-13H,11H2,1-3H3. The molecule has 122 valence electrons. The van der Waals surface area contributed by atoms with Crippen LogP contribution in [0, 0.1) is 0 Å². The van der Waals surface area contributed by atoms with E-state index in [9.17, 15) is 4.79 Å². The molecule has 0 radical (unpaired) electrons. The Kier molecular flexibility index (Phi) is 4.58. The number of ketones is 1. The molecule has 1 aromatic carbocycles. The van der Waals surface area contributed by atoms with Gasteiger partial charge in [0.05, 0.1) is 5.69 Å². The molecular formula is C20H20N2OS. The number of thiazole rings is 1. The first-order valence-corrected chi connectivity index (χ1v) is 8.80. The van der Waals surface area contributed by atoms with E-state index in [-0.39, 0.29) is 11.2 Å². The van der Waals surface area contributed by atoms with E-state index in [2.05, 4.69) is 42.9 Å². The Balaban J connectivity index is 1.73. The zero-order valence-electron chi connectivity index (χ0n) is 14.1. The van der Waals surface area contributed by atoms with Crippen LogP contribution in [-0.4, -0.2) is 15.8 Å². The average Bonchev–Trinajstić information content (AvgIpc) is 3.05. The lowest BCUT2D eigenvalue weighted by Crippen LogP contribution is -2.11. The Morgan fingerprint density at radius 2 is 1.88 bits per heavy atom. The van der Waals surface area contributed by atoms with Crippen LogP contribution in [0.1, 0.15) is 41.7 Å². The molecule has 0 aliphatic carbocycles. The fraction of sp³-hybridized carbons (Fsp3) is 0.250. The first-order valence-electron chi connectivity index (χ1n) is 7.92. The fourth-order valence-corrected chi connectivity index (χ4v) is 3.20. The summed E-state index contributed by atoms with van der Waals surface area (Å²) in [5, 5.41) is 2.46. The van der Waals surface area contributed by atoms with Crippen molar-refractivity contribution in [3.05, 3.63) is 70.3 Å². The van der Waals surface area contributed by atoms with Gasteiger partial charge in [-0.25, -0.2) is 4.98 Å². The Labute approximate surface area is 146 Å². The number of benzene rings is 1. The second kappa shape index (κ2) is 6.65. The Morgan fingerprint density at radius 3 is 2.50 bits per heavy atom. The quantitative estimate of drug-likeness (QED) is 0.635. The summed E-state index contributed by atoms with van der Waals surface area (Å²) in [7, 11) is 0. The van der Waals surface area contributed by atoms with Crippen molar-refractivity contribution >= 4 is 17.1 Å². The number of rotatable bonds is 4. The van der Waals surface area contributed by atoms with Crippen LogP contribution in [0.25, 0.3) is 11.3 Å². The van der Waals surface area contributed by atoms with Gasteiger partial charge in [0.1, 0.15) is 0 Å². The summed E-state index contributed by atoms with van der Waals surface area (Å²) in [6, 6.07) is 12.1. The molecule has 0 amide bonds. The third-order valence-corrected chi connectivity index (χ3v) is 4.77. The lowest BCUT2D eigenvalue weighted by atomic mass is 9.86. The maximum atomic E-state index is 12.5. The number of Topliss-reactive ketones (excluding diaryl/α,β-unsaturated/α-hetero) is 1. The molecule has 0 atom stereocenters. The Bertz CT molecular complexity index is 830.